The van der Waals surface area contributed by atoms with Gasteiger partial charge in [0.2, 0.25) is 0 Å². The molecule has 13 heavy (non-hydrogen) atoms. The molecule has 0 saturated carbocycles. The average molecular weight is 180 g/mol. The van der Waals surface area contributed by atoms with Gasteiger partial charge in [-0.05, 0) is 25.5 Å². The second-order valence-corrected chi connectivity index (χ2v) is 2.79. The van der Waals surface area contributed by atoms with E-state index in [1.165, 1.54) is 13.2 Å². The van der Waals surface area contributed by atoms with Crippen LogP contribution in [0.3, 0.4) is 0 Å². The summed E-state index contributed by atoms with van der Waals surface area (Å²) in [5, 5.41) is 0. The van der Waals surface area contributed by atoms with Crippen molar-refractivity contribution in [2.45, 2.75) is 13.8 Å². The summed E-state index contributed by atoms with van der Waals surface area (Å²) in [5.41, 5.74) is 1.82. The highest BCUT2D eigenvalue weighted by Gasteiger charge is 2.08. The lowest BCUT2D eigenvalue weighted by Crippen LogP contribution is -1.93. The summed E-state index contributed by atoms with van der Waals surface area (Å²) in [6, 6.07) is 4.92. The van der Waals surface area contributed by atoms with Gasteiger partial charge < -0.3 is 4.74 Å². The SMILES string of the molecule is C/C=C(/C)c1cccc(F)c1OC. The third kappa shape index (κ3) is 1.89. The molecule has 0 atom stereocenters. The number of hydrogen-bond donors (Lipinski definition) is 0. The molecule has 0 heterocycles. The van der Waals surface area contributed by atoms with Crippen LogP contribution in [0.4, 0.5) is 4.39 Å². The summed E-state index contributed by atoms with van der Waals surface area (Å²) in [7, 11) is 1.48. The van der Waals surface area contributed by atoms with Gasteiger partial charge in [0.25, 0.3) is 0 Å². The first-order chi connectivity index (χ1) is 6.20. The number of allylic oxidation sites excluding steroid dienone is 2. The Balaban J connectivity index is 3.28. The molecule has 0 bridgehead atoms. The van der Waals surface area contributed by atoms with Crippen molar-refractivity contribution in [3.8, 4) is 5.75 Å². The fraction of sp³-hybridized carbons (Fsp3) is 0.273. The number of benzene rings is 1. The van der Waals surface area contributed by atoms with E-state index >= 15 is 0 Å². The van der Waals surface area contributed by atoms with Crippen LogP contribution in [-0.2, 0) is 0 Å². The minimum Gasteiger partial charge on any atom is -0.493 e. The third-order valence-corrected chi connectivity index (χ3v) is 2.03. The van der Waals surface area contributed by atoms with Crippen LogP contribution in [0.5, 0.6) is 5.75 Å². The van der Waals surface area contributed by atoms with E-state index in [0.29, 0.717) is 5.75 Å². The van der Waals surface area contributed by atoms with E-state index in [-0.39, 0.29) is 5.82 Å². The number of halogens is 1. The quantitative estimate of drug-likeness (QED) is 0.678. The second kappa shape index (κ2) is 4.08. The normalized spacial score (nSPS) is 11.5. The maximum atomic E-state index is 13.2. The molecule has 0 aliphatic heterocycles. The molecule has 0 saturated heterocycles. The fourth-order valence-electron chi connectivity index (χ4n) is 1.18. The van der Waals surface area contributed by atoms with Gasteiger partial charge in [0.1, 0.15) is 0 Å². The maximum absolute atomic E-state index is 13.2. The van der Waals surface area contributed by atoms with E-state index in [1.54, 1.807) is 6.07 Å². The van der Waals surface area contributed by atoms with Crippen molar-refractivity contribution < 1.29 is 9.13 Å². The molecule has 0 unspecified atom stereocenters. The zero-order valence-electron chi connectivity index (χ0n) is 8.10. The number of para-hydroxylation sites is 1. The molecule has 1 aromatic carbocycles. The van der Waals surface area contributed by atoms with Crippen LogP contribution >= 0.6 is 0 Å². The number of ether oxygens (including phenoxy) is 1. The van der Waals surface area contributed by atoms with Crippen LogP contribution in [0.25, 0.3) is 5.57 Å². The Morgan fingerprint density at radius 2 is 2.15 bits per heavy atom. The largest absolute Gasteiger partial charge is 0.493 e. The van der Waals surface area contributed by atoms with Crippen molar-refractivity contribution in [2.75, 3.05) is 7.11 Å². The Labute approximate surface area is 77.8 Å². The van der Waals surface area contributed by atoms with Crippen LogP contribution in [0.1, 0.15) is 19.4 Å². The van der Waals surface area contributed by atoms with E-state index in [4.69, 9.17) is 4.74 Å². The van der Waals surface area contributed by atoms with Gasteiger partial charge in [-0.2, -0.15) is 0 Å². The third-order valence-electron chi connectivity index (χ3n) is 2.03. The van der Waals surface area contributed by atoms with Crippen LogP contribution in [0, 0.1) is 5.82 Å². The van der Waals surface area contributed by atoms with Crippen LogP contribution in [-0.4, -0.2) is 7.11 Å². The van der Waals surface area contributed by atoms with Gasteiger partial charge >= 0.3 is 0 Å². The molecule has 0 amide bonds. The highest BCUT2D eigenvalue weighted by Crippen LogP contribution is 2.27. The minimum atomic E-state index is -0.318. The van der Waals surface area contributed by atoms with Gasteiger partial charge in [-0.3, -0.25) is 0 Å². The Morgan fingerprint density at radius 1 is 1.46 bits per heavy atom. The molecule has 0 radical (unpaired) electrons. The highest BCUT2D eigenvalue weighted by atomic mass is 19.1. The molecule has 70 valence electrons. The zero-order chi connectivity index (χ0) is 9.84. The van der Waals surface area contributed by atoms with Crippen LogP contribution < -0.4 is 4.74 Å². The van der Waals surface area contributed by atoms with Crippen LogP contribution in [0.2, 0.25) is 0 Å². The van der Waals surface area contributed by atoms with Crippen molar-refractivity contribution in [2.24, 2.45) is 0 Å². The highest BCUT2D eigenvalue weighted by molar-refractivity contribution is 5.68. The smallest absolute Gasteiger partial charge is 0.165 e. The molecule has 1 aromatic rings. The van der Waals surface area contributed by atoms with Gasteiger partial charge in [0.05, 0.1) is 7.11 Å². The van der Waals surface area contributed by atoms with Crippen LogP contribution in [0.15, 0.2) is 24.3 Å². The summed E-state index contributed by atoms with van der Waals surface area (Å²) >= 11 is 0. The number of hydrogen-bond acceptors (Lipinski definition) is 1. The molecule has 1 rings (SSSR count). The lowest BCUT2D eigenvalue weighted by molar-refractivity contribution is 0.385. The van der Waals surface area contributed by atoms with Gasteiger partial charge in [-0.15, -0.1) is 0 Å². The maximum Gasteiger partial charge on any atom is 0.165 e. The van der Waals surface area contributed by atoms with E-state index in [0.717, 1.165) is 11.1 Å². The first kappa shape index (κ1) is 9.78. The standard InChI is InChI=1S/C11H13FO/c1-4-8(2)9-6-5-7-10(12)11(9)13-3/h4-7H,1-3H3/b8-4-. The average Bonchev–Trinajstić information content (AvgIpc) is 2.16. The van der Waals surface area contributed by atoms with Crippen molar-refractivity contribution in [3.63, 3.8) is 0 Å². The first-order valence-corrected chi connectivity index (χ1v) is 4.16. The van der Waals surface area contributed by atoms with Gasteiger partial charge in [-0.25, -0.2) is 4.39 Å². The Hall–Kier alpha value is -1.31. The predicted molar refractivity (Wildman–Crippen MR) is 52.3 cm³/mol. The summed E-state index contributed by atoms with van der Waals surface area (Å²) in [4.78, 5) is 0. The molecule has 0 spiro atoms. The topological polar surface area (TPSA) is 9.23 Å². The predicted octanol–water partition coefficient (Wildman–Crippen LogP) is 3.26. The molecule has 1 nitrogen and oxygen atoms in total. The Morgan fingerprint density at radius 3 is 2.69 bits per heavy atom. The van der Waals surface area contributed by atoms with E-state index in [2.05, 4.69) is 0 Å². The minimum absolute atomic E-state index is 0.318. The number of methoxy groups -OCH3 is 1. The molecule has 0 N–H and O–H groups in total. The van der Waals surface area contributed by atoms with Crippen molar-refractivity contribution in [1.82, 2.24) is 0 Å². The second-order valence-electron chi connectivity index (χ2n) is 2.79. The van der Waals surface area contributed by atoms with Gasteiger partial charge in [0.15, 0.2) is 11.6 Å². The molecule has 0 aromatic heterocycles. The lowest BCUT2D eigenvalue weighted by atomic mass is 10.1. The van der Waals surface area contributed by atoms with E-state index in [1.807, 2.05) is 26.0 Å². The molecule has 0 fully saturated rings. The first-order valence-electron chi connectivity index (χ1n) is 4.16. The molecule has 0 aliphatic rings. The zero-order valence-corrected chi connectivity index (χ0v) is 8.10. The summed E-state index contributed by atoms with van der Waals surface area (Å²) in [6.07, 6.45) is 1.93. The van der Waals surface area contributed by atoms with E-state index in [9.17, 15) is 4.39 Å². The van der Waals surface area contributed by atoms with Crippen molar-refractivity contribution in [3.05, 3.63) is 35.7 Å². The lowest BCUT2D eigenvalue weighted by Gasteiger charge is -2.08. The summed E-state index contributed by atoms with van der Waals surface area (Å²) in [5.74, 6) is -0.000648. The molecule has 2 heteroatoms. The fourth-order valence-corrected chi connectivity index (χ4v) is 1.18. The molecule has 0 aliphatic carbocycles. The van der Waals surface area contributed by atoms with Crippen molar-refractivity contribution in [1.29, 1.82) is 0 Å². The Kier molecular flexibility index (Phi) is 3.07. The summed E-state index contributed by atoms with van der Waals surface area (Å²) in [6.45, 7) is 3.84. The van der Waals surface area contributed by atoms with Crippen molar-refractivity contribution >= 4 is 5.57 Å². The number of rotatable bonds is 2. The van der Waals surface area contributed by atoms with Gasteiger partial charge in [0, 0.05) is 5.56 Å². The Bertz CT molecular complexity index is 329. The monoisotopic (exact) mass is 180 g/mol. The molecular formula is C11H13FO. The summed E-state index contributed by atoms with van der Waals surface area (Å²) < 4.78 is 18.2. The van der Waals surface area contributed by atoms with Gasteiger partial charge in [-0.1, -0.05) is 18.2 Å². The molecular weight excluding hydrogens is 167 g/mol. The van der Waals surface area contributed by atoms with E-state index < -0.39 is 0 Å².